The summed E-state index contributed by atoms with van der Waals surface area (Å²) in [5.41, 5.74) is 1.32. The molecule has 0 amide bonds. The third-order valence-corrected chi connectivity index (χ3v) is 10.2. The first kappa shape index (κ1) is 24.6. The summed E-state index contributed by atoms with van der Waals surface area (Å²) in [5, 5.41) is 3.68. The van der Waals surface area contributed by atoms with Crippen molar-refractivity contribution in [3.8, 4) is 0 Å². The Kier molecular flexibility index (Phi) is 9.61. The zero-order valence-electron chi connectivity index (χ0n) is 21.2. The summed E-state index contributed by atoms with van der Waals surface area (Å²) in [5.74, 6) is 4.11. The summed E-state index contributed by atoms with van der Waals surface area (Å²) in [7, 11) is 0. The lowest BCUT2D eigenvalue weighted by molar-refractivity contribution is -0.0155. The maximum Gasteiger partial charge on any atom is -0.00489 e. The molecular weight excluding hydrogens is 362 g/mol. The molecule has 0 aromatic heterocycles. The molecular formula is C29H55N. The van der Waals surface area contributed by atoms with Gasteiger partial charge in [-0.3, -0.25) is 0 Å². The maximum absolute atomic E-state index is 3.68. The summed E-state index contributed by atoms with van der Waals surface area (Å²) in [4.78, 5) is 0. The highest BCUT2D eigenvalue weighted by molar-refractivity contribution is 5.01. The first-order valence-electron chi connectivity index (χ1n) is 14.2. The molecule has 3 aliphatic carbocycles. The molecule has 0 radical (unpaired) electrons. The minimum Gasteiger partial charge on any atom is -0.317 e. The molecule has 0 bridgehead atoms. The van der Waals surface area contributed by atoms with Gasteiger partial charge in [0.05, 0.1) is 0 Å². The first-order chi connectivity index (χ1) is 14.5. The fourth-order valence-electron chi connectivity index (χ4n) is 8.48. The van der Waals surface area contributed by atoms with Crippen LogP contribution >= 0.6 is 0 Å². The summed E-state index contributed by atoms with van der Waals surface area (Å²) in [6.45, 7) is 12.6. The smallest absolute Gasteiger partial charge is 0.00489 e. The molecule has 0 aromatic rings. The SMILES string of the molecule is CCCCCNCCCCC1CCC(C2CCC3CCCCC3(C)C2)C1(C)CCC. The molecule has 1 N–H and O–H groups in total. The number of fused-ring (bicyclic) bond motifs is 1. The Balaban J connectivity index is 1.50. The van der Waals surface area contributed by atoms with Gasteiger partial charge in [-0.05, 0) is 118 Å². The normalized spacial score (nSPS) is 39.2. The van der Waals surface area contributed by atoms with E-state index in [1.807, 2.05) is 0 Å². The van der Waals surface area contributed by atoms with Crippen LogP contribution in [-0.4, -0.2) is 13.1 Å². The van der Waals surface area contributed by atoms with Crippen LogP contribution in [-0.2, 0) is 0 Å². The van der Waals surface area contributed by atoms with Crippen LogP contribution in [0.5, 0.6) is 0 Å². The third kappa shape index (κ3) is 5.85. The van der Waals surface area contributed by atoms with Gasteiger partial charge in [0, 0.05) is 0 Å². The molecule has 3 saturated carbocycles. The van der Waals surface area contributed by atoms with E-state index in [1.165, 1.54) is 96.6 Å². The van der Waals surface area contributed by atoms with Gasteiger partial charge in [0.15, 0.2) is 0 Å². The average Bonchev–Trinajstić information content (AvgIpc) is 3.05. The molecule has 3 fully saturated rings. The van der Waals surface area contributed by atoms with E-state index in [2.05, 4.69) is 33.0 Å². The van der Waals surface area contributed by atoms with Gasteiger partial charge >= 0.3 is 0 Å². The second-order valence-corrected chi connectivity index (χ2v) is 12.2. The van der Waals surface area contributed by atoms with Gasteiger partial charge < -0.3 is 5.32 Å². The van der Waals surface area contributed by atoms with Crippen LogP contribution in [0.3, 0.4) is 0 Å². The van der Waals surface area contributed by atoms with Crippen molar-refractivity contribution in [3.05, 3.63) is 0 Å². The molecule has 0 heterocycles. The van der Waals surface area contributed by atoms with E-state index in [9.17, 15) is 0 Å². The lowest BCUT2D eigenvalue weighted by atomic mass is 9.53. The lowest BCUT2D eigenvalue weighted by Crippen LogP contribution is -2.42. The Bertz CT molecular complexity index is 487. The van der Waals surface area contributed by atoms with E-state index >= 15 is 0 Å². The van der Waals surface area contributed by atoms with Crippen LogP contribution in [0.2, 0.25) is 0 Å². The zero-order chi connectivity index (χ0) is 21.5. The molecule has 0 saturated heterocycles. The molecule has 3 rings (SSSR count). The average molecular weight is 418 g/mol. The van der Waals surface area contributed by atoms with Gasteiger partial charge in [0.1, 0.15) is 0 Å². The van der Waals surface area contributed by atoms with Crippen LogP contribution in [0.15, 0.2) is 0 Å². The Hall–Kier alpha value is -0.0400. The summed E-state index contributed by atoms with van der Waals surface area (Å²) < 4.78 is 0. The van der Waals surface area contributed by atoms with E-state index in [-0.39, 0.29) is 0 Å². The molecule has 0 spiro atoms. The Morgan fingerprint density at radius 2 is 1.60 bits per heavy atom. The van der Waals surface area contributed by atoms with Crippen LogP contribution in [0.25, 0.3) is 0 Å². The first-order valence-corrected chi connectivity index (χ1v) is 14.2. The van der Waals surface area contributed by atoms with Crippen molar-refractivity contribution >= 4 is 0 Å². The number of nitrogens with one attached hydrogen (secondary N) is 1. The van der Waals surface area contributed by atoms with Crippen LogP contribution < -0.4 is 5.32 Å². The molecule has 0 aliphatic heterocycles. The quantitative estimate of drug-likeness (QED) is 0.313. The van der Waals surface area contributed by atoms with Gasteiger partial charge in [0.2, 0.25) is 0 Å². The standard InChI is InChI=1S/C29H55N/c1-5-7-11-21-30-22-12-9-14-26-17-18-27(29(26,4)19-6-2)24-15-16-25-13-8-10-20-28(25,3)23-24/h24-27,30H,5-23H2,1-4H3. The Morgan fingerprint density at radius 3 is 2.37 bits per heavy atom. The molecule has 3 aliphatic rings. The molecule has 0 aromatic carbocycles. The van der Waals surface area contributed by atoms with Crippen molar-refractivity contribution in [2.45, 2.75) is 137 Å². The minimum absolute atomic E-state index is 0.631. The summed E-state index contributed by atoms with van der Waals surface area (Å²) >= 11 is 0. The maximum atomic E-state index is 3.68. The second kappa shape index (κ2) is 11.7. The molecule has 30 heavy (non-hydrogen) atoms. The van der Waals surface area contributed by atoms with Gasteiger partial charge in [0.25, 0.3) is 0 Å². The third-order valence-electron chi connectivity index (χ3n) is 10.2. The molecule has 6 unspecified atom stereocenters. The highest BCUT2D eigenvalue weighted by atomic mass is 14.8. The summed E-state index contributed by atoms with van der Waals surface area (Å²) in [6.07, 6.45) is 25.1. The highest BCUT2D eigenvalue weighted by Crippen LogP contribution is 2.61. The number of hydrogen-bond donors (Lipinski definition) is 1. The Morgan fingerprint density at radius 1 is 0.800 bits per heavy atom. The largest absolute Gasteiger partial charge is 0.317 e. The van der Waals surface area contributed by atoms with Gasteiger partial charge in [-0.2, -0.15) is 0 Å². The lowest BCUT2D eigenvalue weighted by Gasteiger charge is -2.52. The van der Waals surface area contributed by atoms with E-state index in [4.69, 9.17) is 0 Å². The predicted octanol–water partition coefficient (Wildman–Crippen LogP) is 8.77. The molecule has 6 atom stereocenters. The fraction of sp³-hybridized carbons (Fsp3) is 1.00. The monoisotopic (exact) mass is 417 g/mol. The molecule has 1 nitrogen and oxygen atoms in total. The number of unbranched alkanes of at least 4 members (excludes halogenated alkanes) is 3. The van der Waals surface area contributed by atoms with E-state index < -0.39 is 0 Å². The van der Waals surface area contributed by atoms with Crippen molar-refractivity contribution in [1.82, 2.24) is 5.32 Å². The van der Waals surface area contributed by atoms with Crippen LogP contribution in [0, 0.1) is 34.5 Å². The molecule has 1 heteroatoms. The van der Waals surface area contributed by atoms with Crippen molar-refractivity contribution in [2.24, 2.45) is 34.5 Å². The zero-order valence-corrected chi connectivity index (χ0v) is 21.2. The van der Waals surface area contributed by atoms with Crippen molar-refractivity contribution in [3.63, 3.8) is 0 Å². The summed E-state index contributed by atoms with van der Waals surface area (Å²) in [6, 6.07) is 0. The highest BCUT2D eigenvalue weighted by Gasteiger charge is 2.51. The van der Waals surface area contributed by atoms with E-state index in [0.29, 0.717) is 10.8 Å². The van der Waals surface area contributed by atoms with Crippen molar-refractivity contribution in [1.29, 1.82) is 0 Å². The van der Waals surface area contributed by atoms with Gasteiger partial charge in [-0.25, -0.2) is 0 Å². The van der Waals surface area contributed by atoms with E-state index in [1.54, 1.807) is 25.7 Å². The Labute approximate surface area is 189 Å². The predicted molar refractivity (Wildman–Crippen MR) is 133 cm³/mol. The molecule has 176 valence electrons. The second-order valence-electron chi connectivity index (χ2n) is 12.2. The van der Waals surface area contributed by atoms with Crippen LogP contribution in [0.4, 0.5) is 0 Å². The van der Waals surface area contributed by atoms with E-state index in [0.717, 1.165) is 23.7 Å². The van der Waals surface area contributed by atoms with Crippen molar-refractivity contribution < 1.29 is 0 Å². The van der Waals surface area contributed by atoms with Gasteiger partial charge in [-0.15, -0.1) is 0 Å². The minimum atomic E-state index is 0.631. The number of rotatable bonds is 12. The fourth-order valence-corrected chi connectivity index (χ4v) is 8.48. The number of hydrogen-bond acceptors (Lipinski definition) is 1. The van der Waals surface area contributed by atoms with Crippen molar-refractivity contribution in [2.75, 3.05) is 13.1 Å². The van der Waals surface area contributed by atoms with Gasteiger partial charge in [-0.1, -0.05) is 66.2 Å². The van der Waals surface area contributed by atoms with Crippen LogP contribution in [0.1, 0.15) is 137 Å². The topological polar surface area (TPSA) is 12.0 Å².